The van der Waals surface area contributed by atoms with Gasteiger partial charge in [-0.1, -0.05) is 0 Å². The van der Waals surface area contributed by atoms with Crippen LogP contribution in [-0.4, -0.2) is 44.9 Å². The highest BCUT2D eigenvalue weighted by atomic mass is 32.2. The zero-order chi connectivity index (χ0) is 19.2. The number of ketones is 1. The van der Waals surface area contributed by atoms with Crippen molar-refractivity contribution in [1.82, 2.24) is 4.57 Å². The summed E-state index contributed by atoms with van der Waals surface area (Å²) in [5.41, 5.74) is -0.328. The molecule has 0 aliphatic carbocycles. The Morgan fingerprint density at radius 3 is 2.31 bits per heavy atom. The molecule has 0 fully saturated rings. The summed E-state index contributed by atoms with van der Waals surface area (Å²) in [4.78, 5) is 37.2. The molecule has 0 amide bonds. The normalized spacial score (nSPS) is 17.6. The van der Waals surface area contributed by atoms with E-state index in [4.69, 9.17) is 13.9 Å². The van der Waals surface area contributed by atoms with Gasteiger partial charge in [-0.05, 0) is 19.1 Å². The highest BCUT2D eigenvalue weighted by molar-refractivity contribution is 7.91. The number of nitrogens with zero attached hydrogens (tertiary/aromatic N) is 1. The molecule has 0 saturated carbocycles. The molecule has 2 aromatic heterocycles. The summed E-state index contributed by atoms with van der Waals surface area (Å²) in [7, 11) is -1.74. The molecule has 0 aromatic carbocycles. The molecule has 138 valence electrons. The molecular formula is C16H15NO8S. The first kappa shape index (κ1) is 17.9. The van der Waals surface area contributed by atoms with Gasteiger partial charge in [-0.2, -0.15) is 0 Å². The maximum absolute atomic E-state index is 12.8. The van der Waals surface area contributed by atoms with Gasteiger partial charge in [0, 0.05) is 5.69 Å². The summed E-state index contributed by atoms with van der Waals surface area (Å²) in [6, 6.07) is 2.77. The molecule has 0 saturated heterocycles. The Hall–Kier alpha value is -2.88. The van der Waals surface area contributed by atoms with E-state index < -0.39 is 38.7 Å². The molecule has 2 aromatic rings. The first-order valence-corrected chi connectivity index (χ1v) is 9.15. The number of hydrogen-bond donors (Lipinski definition) is 0. The van der Waals surface area contributed by atoms with E-state index in [0.717, 1.165) is 14.2 Å². The molecule has 0 spiro atoms. The summed E-state index contributed by atoms with van der Waals surface area (Å²) in [5.74, 6) is -3.30. The van der Waals surface area contributed by atoms with Gasteiger partial charge in [-0.15, -0.1) is 0 Å². The minimum absolute atomic E-state index is 0.115. The van der Waals surface area contributed by atoms with Crippen molar-refractivity contribution < 1.29 is 36.7 Å². The van der Waals surface area contributed by atoms with Crippen molar-refractivity contribution >= 4 is 27.6 Å². The number of rotatable bonds is 4. The third-order valence-corrected chi connectivity index (χ3v) is 6.03. The fourth-order valence-electron chi connectivity index (χ4n) is 3.12. The lowest BCUT2D eigenvalue weighted by atomic mass is 10.0. The lowest BCUT2D eigenvalue weighted by molar-refractivity contribution is 0.0555. The second-order valence-electron chi connectivity index (χ2n) is 5.65. The van der Waals surface area contributed by atoms with Crippen LogP contribution in [0.2, 0.25) is 0 Å². The van der Waals surface area contributed by atoms with E-state index in [0.29, 0.717) is 0 Å². The highest BCUT2D eigenvalue weighted by Crippen LogP contribution is 2.41. The van der Waals surface area contributed by atoms with Crippen molar-refractivity contribution in [1.29, 1.82) is 0 Å². The first-order valence-electron chi connectivity index (χ1n) is 7.43. The summed E-state index contributed by atoms with van der Waals surface area (Å²) < 4.78 is 40.9. The number of ether oxygens (including phenoxy) is 2. The highest BCUT2D eigenvalue weighted by Gasteiger charge is 2.49. The topological polar surface area (TPSA) is 122 Å². The van der Waals surface area contributed by atoms with Gasteiger partial charge < -0.3 is 18.5 Å². The van der Waals surface area contributed by atoms with Gasteiger partial charge in [0.05, 0.1) is 37.3 Å². The van der Waals surface area contributed by atoms with Gasteiger partial charge in [-0.3, -0.25) is 4.79 Å². The second kappa shape index (κ2) is 6.13. The van der Waals surface area contributed by atoms with Crippen LogP contribution < -0.4 is 0 Å². The summed E-state index contributed by atoms with van der Waals surface area (Å²) in [5, 5.41) is -1.68. The molecule has 1 atom stereocenters. The van der Waals surface area contributed by atoms with E-state index in [9.17, 15) is 22.8 Å². The summed E-state index contributed by atoms with van der Waals surface area (Å²) in [6.07, 6.45) is 1.24. The second-order valence-corrected chi connectivity index (χ2v) is 7.70. The average molecular weight is 381 g/mol. The van der Waals surface area contributed by atoms with Crippen LogP contribution in [0.3, 0.4) is 0 Å². The minimum Gasteiger partial charge on any atom is -0.465 e. The number of aromatic nitrogens is 1. The lowest BCUT2D eigenvalue weighted by Crippen LogP contribution is -2.21. The molecule has 1 unspecified atom stereocenters. The number of sulfone groups is 1. The van der Waals surface area contributed by atoms with Crippen molar-refractivity contribution in [3.05, 3.63) is 46.7 Å². The van der Waals surface area contributed by atoms with Gasteiger partial charge >= 0.3 is 11.9 Å². The number of fused-ring (bicyclic) bond motifs is 1. The van der Waals surface area contributed by atoms with Crippen molar-refractivity contribution in [2.24, 2.45) is 0 Å². The molecule has 0 bridgehead atoms. The predicted molar refractivity (Wildman–Crippen MR) is 86.5 cm³/mol. The Labute approximate surface area is 148 Å². The molecule has 3 rings (SSSR count). The molecule has 26 heavy (non-hydrogen) atoms. The Morgan fingerprint density at radius 1 is 1.15 bits per heavy atom. The van der Waals surface area contributed by atoms with Crippen molar-refractivity contribution in [2.45, 2.75) is 18.1 Å². The molecule has 0 radical (unpaired) electrons. The number of furan rings is 1. The number of Topliss-reactive ketones (excluding diaryl/α,β-unsaturated/α-hetero) is 1. The van der Waals surface area contributed by atoms with Gasteiger partial charge in [-0.25, -0.2) is 18.0 Å². The fraction of sp³-hybridized carbons (Fsp3) is 0.312. The van der Waals surface area contributed by atoms with E-state index in [1.165, 1.54) is 29.9 Å². The van der Waals surface area contributed by atoms with E-state index in [2.05, 4.69) is 0 Å². The van der Waals surface area contributed by atoms with E-state index in [1.54, 1.807) is 0 Å². The quantitative estimate of drug-likeness (QED) is 0.573. The molecule has 9 nitrogen and oxygen atoms in total. The largest absolute Gasteiger partial charge is 0.465 e. The molecule has 1 aliphatic rings. The third kappa shape index (κ3) is 2.45. The van der Waals surface area contributed by atoms with Crippen LogP contribution in [0, 0.1) is 6.92 Å². The summed E-state index contributed by atoms with van der Waals surface area (Å²) in [6.45, 7) is 1.47. The van der Waals surface area contributed by atoms with Crippen LogP contribution in [0.5, 0.6) is 0 Å². The predicted octanol–water partition coefficient (Wildman–Crippen LogP) is 1.27. The maximum Gasteiger partial charge on any atom is 0.340 e. The molecular weight excluding hydrogens is 366 g/mol. The molecule has 10 heteroatoms. The number of methoxy groups -OCH3 is 2. The number of carbonyl (C=O) groups excluding carboxylic acids is 3. The number of hydrogen-bond acceptors (Lipinski definition) is 8. The van der Waals surface area contributed by atoms with E-state index in [1.807, 2.05) is 0 Å². The van der Waals surface area contributed by atoms with Crippen LogP contribution >= 0.6 is 0 Å². The zero-order valence-corrected chi connectivity index (χ0v) is 15.0. The third-order valence-electron chi connectivity index (χ3n) is 4.26. The minimum atomic E-state index is -3.97. The van der Waals surface area contributed by atoms with Crippen molar-refractivity contribution in [2.75, 3.05) is 14.2 Å². The van der Waals surface area contributed by atoms with Crippen LogP contribution in [0.4, 0.5) is 0 Å². The van der Waals surface area contributed by atoms with Crippen molar-refractivity contribution in [3.63, 3.8) is 0 Å². The van der Waals surface area contributed by atoms with Gasteiger partial charge in [0.1, 0.15) is 5.88 Å². The molecule has 3 heterocycles. The smallest absolute Gasteiger partial charge is 0.340 e. The first-order chi connectivity index (χ1) is 12.2. The lowest BCUT2D eigenvalue weighted by Gasteiger charge is -2.10. The number of esters is 2. The van der Waals surface area contributed by atoms with Gasteiger partial charge in [0.15, 0.2) is 20.8 Å². The SMILES string of the molecule is COC(=O)c1c(C(=O)OC)c2n(c1C)CS(=O)(=O)C2C(=O)c1ccco1. The Morgan fingerprint density at radius 2 is 1.77 bits per heavy atom. The molecule has 0 N–H and O–H groups in total. The van der Waals surface area contributed by atoms with Gasteiger partial charge in [0.25, 0.3) is 0 Å². The Balaban J connectivity index is 2.32. The van der Waals surface area contributed by atoms with E-state index in [-0.39, 0.29) is 28.3 Å². The van der Waals surface area contributed by atoms with Crippen LogP contribution in [0.1, 0.15) is 47.9 Å². The Bertz CT molecular complexity index is 1010. The van der Waals surface area contributed by atoms with Crippen LogP contribution in [0.25, 0.3) is 0 Å². The number of carbonyl (C=O) groups is 3. The average Bonchev–Trinajstić information content (AvgIpc) is 3.28. The zero-order valence-electron chi connectivity index (χ0n) is 14.1. The standard InChI is InChI=1S/C16H15NO8S/c1-8-10(15(19)23-2)11(16(20)24-3)12-14(26(21,22)7-17(8)12)13(18)9-5-4-6-25-9/h4-6,14H,7H2,1-3H3. The fourth-order valence-corrected chi connectivity index (χ4v) is 4.99. The Kier molecular flexibility index (Phi) is 4.23. The monoisotopic (exact) mass is 381 g/mol. The maximum atomic E-state index is 12.8. The van der Waals surface area contributed by atoms with Crippen LogP contribution in [-0.2, 0) is 25.2 Å². The molecule has 1 aliphatic heterocycles. The van der Waals surface area contributed by atoms with Crippen molar-refractivity contribution in [3.8, 4) is 0 Å². The van der Waals surface area contributed by atoms with Gasteiger partial charge in [0.2, 0.25) is 5.78 Å². The van der Waals surface area contributed by atoms with Crippen LogP contribution in [0.15, 0.2) is 22.8 Å². The van der Waals surface area contributed by atoms with E-state index >= 15 is 0 Å². The summed E-state index contributed by atoms with van der Waals surface area (Å²) >= 11 is 0.